The van der Waals surface area contributed by atoms with E-state index in [1.54, 1.807) is 12.1 Å². The average molecular weight is 237 g/mol. The lowest BCUT2D eigenvalue weighted by Crippen LogP contribution is -2.22. The number of nitrogens with zero attached hydrogens (tertiary/aromatic N) is 1. The summed E-state index contributed by atoms with van der Waals surface area (Å²) in [5, 5.41) is 11.9. The highest BCUT2D eigenvalue weighted by Gasteiger charge is 2.28. The van der Waals surface area contributed by atoms with Crippen LogP contribution in [0.3, 0.4) is 0 Å². The molecule has 0 aliphatic carbocycles. The second kappa shape index (κ2) is 4.32. The van der Waals surface area contributed by atoms with Gasteiger partial charge in [0.05, 0.1) is 20.6 Å². The van der Waals surface area contributed by atoms with Crippen LogP contribution in [0, 0.1) is 0 Å². The van der Waals surface area contributed by atoms with Gasteiger partial charge in [-0.25, -0.2) is 0 Å². The van der Waals surface area contributed by atoms with E-state index < -0.39 is 5.97 Å². The van der Waals surface area contributed by atoms with Crippen LogP contribution in [0.5, 0.6) is 17.2 Å². The molecule has 0 fully saturated rings. The number of ether oxygens (including phenoxy) is 3. The highest BCUT2D eigenvalue weighted by atomic mass is 16.6. The van der Waals surface area contributed by atoms with Crippen LogP contribution in [0.2, 0.25) is 0 Å². The molecule has 1 N–H and O–H groups in total. The molecule has 0 amide bonds. The second-order valence-corrected chi connectivity index (χ2v) is 3.38. The smallest absolute Gasteiger partial charge is 0.317 e. The zero-order valence-electron chi connectivity index (χ0n) is 9.39. The molecule has 0 radical (unpaired) electrons. The van der Waals surface area contributed by atoms with Crippen molar-refractivity contribution < 1.29 is 24.2 Å². The lowest BCUT2D eigenvalue weighted by atomic mass is 10.0. The summed E-state index contributed by atoms with van der Waals surface area (Å²) in [7, 11) is 2.92. The van der Waals surface area contributed by atoms with Gasteiger partial charge in [0.1, 0.15) is 5.71 Å². The van der Waals surface area contributed by atoms with Gasteiger partial charge < -0.3 is 19.4 Å². The van der Waals surface area contributed by atoms with E-state index in [1.165, 1.54) is 14.2 Å². The van der Waals surface area contributed by atoms with Crippen molar-refractivity contribution in [3.8, 4) is 17.2 Å². The summed E-state index contributed by atoms with van der Waals surface area (Å²) in [6, 6.07) is 3.31. The van der Waals surface area contributed by atoms with Crippen LogP contribution in [0.25, 0.3) is 0 Å². The maximum atomic E-state index is 11.4. The largest absolute Gasteiger partial charge is 0.493 e. The standard InChI is InChI=1S/C11H11NO5/c1-15-8-4-3-6-7(12-14)5-9(13)17-10(6)11(8)16-2/h3-4,14H,5H2,1-2H3. The molecule has 0 aromatic heterocycles. The molecule has 17 heavy (non-hydrogen) atoms. The van der Waals surface area contributed by atoms with Gasteiger partial charge in [0.25, 0.3) is 0 Å². The maximum absolute atomic E-state index is 11.4. The third-order valence-electron chi connectivity index (χ3n) is 2.46. The van der Waals surface area contributed by atoms with Gasteiger partial charge in [-0.15, -0.1) is 0 Å². The molecule has 0 atom stereocenters. The molecular weight excluding hydrogens is 226 g/mol. The van der Waals surface area contributed by atoms with E-state index in [1.807, 2.05) is 0 Å². The van der Waals surface area contributed by atoms with Crippen molar-refractivity contribution in [3.05, 3.63) is 17.7 Å². The second-order valence-electron chi connectivity index (χ2n) is 3.38. The molecule has 6 heteroatoms. The Kier molecular flexibility index (Phi) is 2.86. The van der Waals surface area contributed by atoms with E-state index in [4.69, 9.17) is 19.4 Å². The van der Waals surface area contributed by atoms with E-state index in [0.717, 1.165) is 0 Å². The Morgan fingerprint density at radius 3 is 2.71 bits per heavy atom. The number of benzene rings is 1. The highest BCUT2D eigenvalue weighted by Crippen LogP contribution is 2.42. The maximum Gasteiger partial charge on any atom is 0.317 e. The lowest BCUT2D eigenvalue weighted by Gasteiger charge is -2.20. The first kappa shape index (κ1) is 11.3. The molecule has 1 aliphatic heterocycles. The van der Waals surface area contributed by atoms with Crippen LogP contribution in [0.1, 0.15) is 12.0 Å². The Bertz CT molecular complexity index is 495. The van der Waals surface area contributed by atoms with Crippen LogP contribution in [0.4, 0.5) is 0 Å². The Morgan fingerprint density at radius 2 is 2.12 bits per heavy atom. The van der Waals surface area contributed by atoms with Crippen molar-refractivity contribution in [3.63, 3.8) is 0 Å². The number of fused-ring (bicyclic) bond motifs is 1. The first-order valence-electron chi connectivity index (χ1n) is 4.88. The average Bonchev–Trinajstić information content (AvgIpc) is 2.36. The van der Waals surface area contributed by atoms with Crippen molar-refractivity contribution in [2.45, 2.75) is 6.42 Å². The summed E-state index contributed by atoms with van der Waals surface area (Å²) in [4.78, 5) is 11.4. The van der Waals surface area contributed by atoms with Crippen LogP contribution in [-0.4, -0.2) is 31.1 Å². The molecule has 0 saturated carbocycles. The third kappa shape index (κ3) is 1.77. The van der Waals surface area contributed by atoms with Gasteiger partial charge in [0.2, 0.25) is 5.75 Å². The van der Waals surface area contributed by atoms with Gasteiger partial charge in [0.15, 0.2) is 11.5 Å². The molecule has 0 bridgehead atoms. The predicted octanol–water partition coefficient (Wildman–Crippen LogP) is 1.19. The Labute approximate surface area is 97.4 Å². The minimum Gasteiger partial charge on any atom is -0.493 e. The van der Waals surface area contributed by atoms with E-state index >= 15 is 0 Å². The summed E-state index contributed by atoms with van der Waals surface area (Å²) in [6.07, 6.45) is -0.0705. The molecule has 1 aromatic rings. The summed E-state index contributed by atoms with van der Waals surface area (Å²) in [6.45, 7) is 0. The summed E-state index contributed by atoms with van der Waals surface area (Å²) in [5.41, 5.74) is 0.766. The Balaban J connectivity index is 2.65. The number of methoxy groups -OCH3 is 2. The predicted molar refractivity (Wildman–Crippen MR) is 58.1 cm³/mol. The molecule has 1 heterocycles. The lowest BCUT2D eigenvalue weighted by molar-refractivity contribution is -0.133. The molecule has 2 rings (SSSR count). The van der Waals surface area contributed by atoms with E-state index in [2.05, 4.69) is 5.16 Å². The number of carbonyl (C=O) groups is 1. The monoisotopic (exact) mass is 237 g/mol. The first-order valence-corrected chi connectivity index (χ1v) is 4.88. The summed E-state index contributed by atoms with van der Waals surface area (Å²) >= 11 is 0. The van der Waals surface area contributed by atoms with Crippen LogP contribution >= 0.6 is 0 Å². The molecule has 0 saturated heterocycles. The minimum atomic E-state index is -0.503. The molecule has 0 spiro atoms. The van der Waals surface area contributed by atoms with Crippen LogP contribution in [-0.2, 0) is 4.79 Å². The molecule has 90 valence electrons. The van der Waals surface area contributed by atoms with E-state index in [0.29, 0.717) is 17.1 Å². The molecule has 1 aromatic carbocycles. The molecule has 0 unspecified atom stereocenters. The van der Waals surface area contributed by atoms with Gasteiger partial charge in [-0.1, -0.05) is 5.16 Å². The van der Waals surface area contributed by atoms with Gasteiger partial charge in [-0.05, 0) is 12.1 Å². The summed E-state index contributed by atoms with van der Waals surface area (Å²) < 4.78 is 15.3. The fraction of sp³-hybridized carbons (Fsp3) is 0.273. The fourth-order valence-corrected chi connectivity index (χ4v) is 1.70. The highest BCUT2D eigenvalue weighted by molar-refractivity contribution is 6.14. The van der Waals surface area contributed by atoms with Crippen molar-refractivity contribution in [2.75, 3.05) is 14.2 Å². The topological polar surface area (TPSA) is 77.4 Å². The van der Waals surface area contributed by atoms with Crippen molar-refractivity contribution >= 4 is 11.7 Å². The van der Waals surface area contributed by atoms with E-state index in [9.17, 15) is 4.79 Å². The third-order valence-corrected chi connectivity index (χ3v) is 2.46. The van der Waals surface area contributed by atoms with Gasteiger partial charge in [-0.2, -0.15) is 0 Å². The first-order chi connectivity index (χ1) is 8.21. The van der Waals surface area contributed by atoms with Crippen LogP contribution < -0.4 is 14.2 Å². The van der Waals surface area contributed by atoms with Gasteiger partial charge in [-0.3, -0.25) is 4.79 Å². The number of rotatable bonds is 2. The zero-order chi connectivity index (χ0) is 12.4. The van der Waals surface area contributed by atoms with Crippen molar-refractivity contribution in [2.24, 2.45) is 5.16 Å². The normalized spacial score (nSPS) is 16.4. The van der Waals surface area contributed by atoms with Crippen molar-refractivity contribution in [1.29, 1.82) is 0 Å². The zero-order valence-corrected chi connectivity index (χ0v) is 9.39. The minimum absolute atomic E-state index is 0.0705. The molecule has 6 nitrogen and oxygen atoms in total. The molecule has 1 aliphatic rings. The number of hydrogen-bond acceptors (Lipinski definition) is 6. The van der Waals surface area contributed by atoms with Gasteiger partial charge in [0, 0.05) is 5.56 Å². The number of carbonyl (C=O) groups excluding carboxylic acids is 1. The van der Waals surface area contributed by atoms with Crippen LogP contribution in [0.15, 0.2) is 17.3 Å². The van der Waals surface area contributed by atoms with Gasteiger partial charge >= 0.3 is 5.97 Å². The Morgan fingerprint density at radius 1 is 1.35 bits per heavy atom. The SMILES string of the molecule is COc1ccc2c(c1OC)OC(=O)CC2=NO. The molecular formula is C11H11NO5. The fourth-order valence-electron chi connectivity index (χ4n) is 1.70. The number of oxime groups is 1. The summed E-state index contributed by atoms with van der Waals surface area (Å²) in [5.74, 6) is 0.463. The number of hydrogen-bond donors (Lipinski definition) is 1. The van der Waals surface area contributed by atoms with E-state index in [-0.39, 0.29) is 17.9 Å². The number of esters is 1. The van der Waals surface area contributed by atoms with Crippen molar-refractivity contribution in [1.82, 2.24) is 0 Å². The Hall–Kier alpha value is -2.24. The quantitative estimate of drug-likeness (QED) is 0.362.